The van der Waals surface area contributed by atoms with Crippen LogP contribution < -0.4 is 4.90 Å². The lowest BCUT2D eigenvalue weighted by molar-refractivity contribution is -0.145. The number of allylic oxidation sites excluding steroid dienone is 1. The minimum atomic E-state index is -0.518. The summed E-state index contributed by atoms with van der Waals surface area (Å²) in [5.74, 6) is -0.000529. The molecule has 0 aromatic heterocycles. The molecule has 1 aromatic rings. The molecular formula is C27H38N2O3. The van der Waals surface area contributed by atoms with Crippen molar-refractivity contribution in [1.29, 1.82) is 0 Å². The lowest BCUT2D eigenvalue weighted by Crippen LogP contribution is -2.55. The quantitative estimate of drug-likeness (QED) is 0.576. The van der Waals surface area contributed by atoms with Gasteiger partial charge in [-0.15, -0.1) is 0 Å². The van der Waals surface area contributed by atoms with Crippen molar-refractivity contribution in [2.45, 2.75) is 59.2 Å². The van der Waals surface area contributed by atoms with Crippen LogP contribution in [-0.4, -0.2) is 60.9 Å². The largest absolute Gasteiger partial charge is 0.461 e. The normalized spacial score (nSPS) is 37.5. The summed E-state index contributed by atoms with van der Waals surface area (Å²) in [5, 5.41) is 11.6. The van der Waals surface area contributed by atoms with Gasteiger partial charge >= 0.3 is 5.97 Å². The Morgan fingerprint density at radius 2 is 1.94 bits per heavy atom. The summed E-state index contributed by atoms with van der Waals surface area (Å²) in [7, 11) is 0. The van der Waals surface area contributed by atoms with Crippen LogP contribution in [0.4, 0.5) is 5.69 Å². The van der Waals surface area contributed by atoms with Crippen LogP contribution in [0, 0.1) is 37.0 Å². The van der Waals surface area contributed by atoms with Gasteiger partial charge in [-0.3, -0.25) is 9.69 Å². The van der Waals surface area contributed by atoms with Crippen LogP contribution >= 0.6 is 0 Å². The van der Waals surface area contributed by atoms with Crippen molar-refractivity contribution in [3.63, 3.8) is 0 Å². The first kappa shape index (κ1) is 22.0. The Bertz CT molecular complexity index is 919. The Morgan fingerprint density at radius 1 is 1.19 bits per heavy atom. The first-order valence-corrected chi connectivity index (χ1v) is 12.4. The molecule has 32 heavy (non-hydrogen) atoms. The molecule has 0 amide bonds. The van der Waals surface area contributed by atoms with Crippen LogP contribution in [0.2, 0.25) is 0 Å². The Balaban J connectivity index is 1.28. The van der Waals surface area contributed by atoms with Crippen molar-refractivity contribution >= 4 is 11.7 Å². The lowest BCUT2D eigenvalue weighted by atomic mass is 9.55. The number of aliphatic hydroxyl groups is 1. The topological polar surface area (TPSA) is 53.0 Å². The van der Waals surface area contributed by atoms with Gasteiger partial charge in [0.05, 0.1) is 12.0 Å². The van der Waals surface area contributed by atoms with Gasteiger partial charge in [0.2, 0.25) is 0 Å². The molecule has 1 aromatic carbocycles. The van der Waals surface area contributed by atoms with Crippen LogP contribution in [0.25, 0.3) is 0 Å². The number of carbonyl (C=O) groups is 1. The van der Waals surface area contributed by atoms with Crippen LogP contribution in [0.3, 0.4) is 0 Å². The van der Waals surface area contributed by atoms with Gasteiger partial charge in [0, 0.05) is 56.2 Å². The highest BCUT2D eigenvalue weighted by Gasteiger charge is 2.59. The average molecular weight is 439 g/mol. The Kier molecular flexibility index (Phi) is 5.61. The van der Waals surface area contributed by atoms with Gasteiger partial charge in [-0.25, -0.2) is 0 Å². The number of aryl methyl sites for hydroxylation is 1. The van der Waals surface area contributed by atoms with Gasteiger partial charge in [-0.2, -0.15) is 0 Å². The number of fused-ring (bicyclic) bond motifs is 2. The summed E-state index contributed by atoms with van der Waals surface area (Å²) < 4.78 is 5.86. The summed E-state index contributed by atoms with van der Waals surface area (Å²) >= 11 is 0. The number of piperazine rings is 1. The van der Waals surface area contributed by atoms with Crippen LogP contribution in [0.1, 0.15) is 44.2 Å². The van der Waals surface area contributed by atoms with E-state index in [0.717, 1.165) is 45.4 Å². The molecule has 3 fully saturated rings. The monoisotopic (exact) mass is 438 g/mol. The smallest absolute Gasteiger partial charge is 0.311 e. The van der Waals surface area contributed by atoms with E-state index in [1.165, 1.54) is 22.4 Å². The summed E-state index contributed by atoms with van der Waals surface area (Å²) in [6.45, 7) is 13.3. The van der Waals surface area contributed by atoms with E-state index in [-0.39, 0.29) is 29.3 Å². The predicted octanol–water partition coefficient (Wildman–Crippen LogP) is 3.71. The van der Waals surface area contributed by atoms with Gasteiger partial charge in [0.25, 0.3) is 0 Å². The van der Waals surface area contributed by atoms with E-state index >= 15 is 0 Å². The zero-order valence-electron chi connectivity index (χ0n) is 20.0. The van der Waals surface area contributed by atoms with Crippen LogP contribution in [-0.2, 0) is 9.53 Å². The Labute approximate surface area is 192 Å². The second kappa shape index (κ2) is 8.18. The number of hydrogen-bond acceptors (Lipinski definition) is 5. The molecule has 2 saturated heterocycles. The van der Waals surface area contributed by atoms with Crippen molar-refractivity contribution in [1.82, 2.24) is 4.90 Å². The van der Waals surface area contributed by atoms with Crippen LogP contribution in [0.15, 0.2) is 29.8 Å². The Hall–Kier alpha value is -1.85. The van der Waals surface area contributed by atoms with Crippen molar-refractivity contribution in [3.05, 3.63) is 41.0 Å². The van der Waals surface area contributed by atoms with Crippen molar-refractivity contribution in [3.8, 4) is 0 Å². The second-order valence-corrected chi connectivity index (χ2v) is 10.8. The van der Waals surface area contributed by atoms with Crippen molar-refractivity contribution in [2.24, 2.45) is 23.2 Å². The van der Waals surface area contributed by atoms with Gasteiger partial charge in [0.1, 0.15) is 6.10 Å². The molecule has 2 heterocycles. The molecule has 5 heteroatoms. The highest BCUT2D eigenvalue weighted by atomic mass is 16.6. The number of benzene rings is 1. The fourth-order valence-electron chi connectivity index (χ4n) is 6.80. The molecule has 6 atom stereocenters. The summed E-state index contributed by atoms with van der Waals surface area (Å²) in [6.07, 6.45) is 4.59. The molecule has 0 bridgehead atoms. The maximum Gasteiger partial charge on any atom is 0.311 e. The summed E-state index contributed by atoms with van der Waals surface area (Å²) in [4.78, 5) is 17.8. The van der Waals surface area contributed by atoms with E-state index in [1.54, 1.807) is 0 Å². The van der Waals surface area contributed by atoms with Crippen molar-refractivity contribution < 1.29 is 14.6 Å². The zero-order valence-corrected chi connectivity index (χ0v) is 20.0. The maximum absolute atomic E-state index is 12.9. The molecule has 0 spiro atoms. The van der Waals surface area contributed by atoms with Gasteiger partial charge in [-0.1, -0.05) is 37.6 Å². The molecule has 174 valence electrons. The number of anilines is 1. The first-order valence-electron chi connectivity index (χ1n) is 12.4. The minimum absolute atomic E-state index is 0.0951. The number of esters is 1. The molecular weight excluding hydrogens is 400 g/mol. The molecule has 2 aliphatic carbocycles. The number of rotatable bonds is 3. The third kappa shape index (κ3) is 3.40. The number of ether oxygens (including phenoxy) is 1. The molecule has 5 rings (SSSR count). The number of hydrogen-bond donors (Lipinski definition) is 1. The SMILES string of the molecule is Cc1cccc(N2CCN(C[C@@H]3C(=O)O[C@@H]4CC5=CCC[C@@H](C)[C@@]5(C)[C@H](O)[C@@H]34)CC2)c1C. The second-order valence-electron chi connectivity index (χ2n) is 10.8. The molecule has 2 aliphatic heterocycles. The minimum Gasteiger partial charge on any atom is -0.461 e. The van der Waals surface area contributed by atoms with E-state index in [4.69, 9.17) is 4.74 Å². The zero-order chi connectivity index (χ0) is 22.6. The molecule has 1 N–H and O–H groups in total. The van der Waals surface area contributed by atoms with Crippen LogP contribution in [0.5, 0.6) is 0 Å². The van der Waals surface area contributed by atoms with E-state index in [9.17, 15) is 9.90 Å². The predicted molar refractivity (Wildman–Crippen MR) is 127 cm³/mol. The molecule has 4 aliphatic rings. The van der Waals surface area contributed by atoms with Gasteiger partial charge in [-0.05, 0) is 49.8 Å². The molecule has 5 nitrogen and oxygen atoms in total. The molecule has 0 unspecified atom stereocenters. The fraction of sp³-hybridized carbons (Fsp3) is 0.667. The third-order valence-electron chi connectivity index (χ3n) is 9.31. The van der Waals surface area contributed by atoms with Crippen molar-refractivity contribution in [2.75, 3.05) is 37.6 Å². The molecule has 0 radical (unpaired) electrons. The Morgan fingerprint density at radius 3 is 2.69 bits per heavy atom. The number of carbonyl (C=O) groups excluding carboxylic acids is 1. The van der Waals surface area contributed by atoms with Gasteiger partial charge in [0.15, 0.2) is 0 Å². The highest BCUT2D eigenvalue weighted by molar-refractivity contribution is 5.76. The van der Waals surface area contributed by atoms with E-state index < -0.39 is 6.10 Å². The molecule has 1 saturated carbocycles. The number of aliphatic hydroxyl groups excluding tert-OH is 1. The maximum atomic E-state index is 12.9. The average Bonchev–Trinajstić information content (AvgIpc) is 3.08. The third-order valence-corrected chi connectivity index (χ3v) is 9.31. The summed E-state index contributed by atoms with van der Waals surface area (Å²) in [5.41, 5.74) is 5.08. The first-order chi connectivity index (χ1) is 15.3. The van der Waals surface area contributed by atoms with E-state index in [2.05, 4.69) is 61.8 Å². The van der Waals surface area contributed by atoms with E-state index in [0.29, 0.717) is 12.5 Å². The number of nitrogens with zero attached hydrogens (tertiary/aromatic N) is 2. The fourth-order valence-corrected chi connectivity index (χ4v) is 6.80. The standard InChI is InChI=1S/C27H38N2O3/c1-17-7-5-10-22(19(17)3)29-13-11-28(12-14-29)16-21-24-23(32-26(21)31)15-20-9-6-8-18(2)27(20,4)25(24)30/h5,7,9-10,18,21,23-25,30H,6,8,11-16H2,1-4H3/t18-,21+,23-,24+,25-,27-/m1/s1. The highest BCUT2D eigenvalue weighted by Crippen LogP contribution is 2.56. The lowest BCUT2D eigenvalue weighted by Gasteiger charge is -2.52. The summed E-state index contributed by atoms with van der Waals surface area (Å²) in [6, 6.07) is 6.52. The van der Waals surface area contributed by atoms with E-state index in [1.807, 2.05) is 0 Å². The van der Waals surface area contributed by atoms with Gasteiger partial charge < -0.3 is 14.7 Å².